The van der Waals surface area contributed by atoms with Gasteiger partial charge < -0.3 is 10.1 Å². The second-order valence-electron chi connectivity index (χ2n) is 4.72. The lowest BCUT2D eigenvalue weighted by Gasteiger charge is -2.07. The zero-order valence-corrected chi connectivity index (χ0v) is 13.8. The number of benzene rings is 2. The number of non-ortho nitro benzene ring substituents is 1. The van der Waals surface area contributed by atoms with E-state index < -0.39 is 4.92 Å². The van der Waals surface area contributed by atoms with Crippen molar-refractivity contribution in [1.29, 1.82) is 0 Å². The highest BCUT2D eigenvalue weighted by atomic mass is 79.9. The third-order valence-electron chi connectivity index (χ3n) is 2.99. The van der Waals surface area contributed by atoms with Gasteiger partial charge in [-0.2, -0.15) is 0 Å². The molecule has 1 N–H and O–H groups in total. The molecule has 2 aromatic carbocycles. The first-order valence-electron chi connectivity index (χ1n) is 6.97. The Morgan fingerprint density at radius 3 is 2.74 bits per heavy atom. The van der Waals surface area contributed by atoms with Crippen LogP contribution in [0.2, 0.25) is 0 Å². The lowest BCUT2D eigenvalue weighted by Crippen LogP contribution is -2.25. The second-order valence-corrected chi connectivity index (χ2v) is 5.64. The summed E-state index contributed by atoms with van der Waals surface area (Å²) in [6.45, 7) is 0.820. The summed E-state index contributed by atoms with van der Waals surface area (Å²) >= 11 is 3.32. The van der Waals surface area contributed by atoms with Gasteiger partial charge >= 0.3 is 0 Å². The van der Waals surface area contributed by atoms with Crippen LogP contribution in [0.3, 0.4) is 0 Å². The van der Waals surface area contributed by atoms with Gasteiger partial charge in [0.2, 0.25) is 0 Å². The third-order valence-corrected chi connectivity index (χ3v) is 3.48. The van der Waals surface area contributed by atoms with Crippen molar-refractivity contribution in [3.63, 3.8) is 0 Å². The monoisotopic (exact) mass is 378 g/mol. The number of nitrogens with zero attached hydrogens (tertiary/aromatic N) is 1. The van der Waals surface area contributed by atoms with E-state index in [0.29, 0.717) is 30.9 Å². The molecule has 0 saturated carbocycles. The SMILES string of the molecule is O=C(NCCCOc1cccc([N+](=O)[O-])c1)c1cccc(Br)c1. The first-order chi connectivity index (χ1) is 11.1. The van der Waals surface area contributed by atoms with Gasteiger partial charge in [0, 0.05) is 22.6 Å². The molecule has 0 aliphatic carbocycles. The van der Waals surface area contributed by atoms with Crippen molar-refractivity contribution in [3.05, 3.63) is 68.7 Å². The van der Waals surface area contributed by atoms with Gasteiger partial charge in [-0.25, -0.2) is 0 Å². The van der Waals surface area contributed by atoms with Crippen molar-refractivity contribution < 1.29 is 14.5 Å². The molecular weight excluding hydrogens is 364 g/mol. The minimum atomic E-state index is -0.467. The van der Waals surface area contributed by atoms with Gasteiger partial charge in [-0.15, -0.1) is 0 Å². The molecule has 0 radical (unpaired) electrons. The van der Waals surface area contributed by atoms with Crippen molar-refractivity contribution in [1.82, 2.24) is 5.32 Å². The van der Waals surface area contributed by atoms with Crippen LogP contribution in [0.25, 0.3) is 0 Å². The number of amides is 1. The van der Waals surface area contributed by atoms with Gasteiger partial charge in [0.15, 0.2) is 0 Å². The van der Waals surface area contributed by atoms with E-state index >= 15 is 0 Å². The first kappa shape index (κ1) is 17.0. The maximum atomic E-state index is 11.9. The topological polar surface area (TPSA) is 81.5 Å². The molecule has 1 amide bonds. The zero-order chi connectivity index (χ0) is 16.7. The highest BCUT2D eigenvalue weighted by Gasteiger charge is 2.07. The number of halogens is 1. The van der Waals surface area contributed by atoms with E-state index in [9.17, 15) is 14.9 Å². The fourth-order valence-electron chi connectivity index (χ4n) is 1.88. The van der Waals surface area contributed by atoms with Crippen molar-refractivity contribution in [3.8, 4) is 5.75 Å². The Morgan fingerprint density at radius 2 is 2.00 bits per heavy atom. The molecule has 0 fully saturated rings. The fourth-order valence-corrected chi connectivity index (χ4v) is 2.28. The molecule has 0 bridgehead atoms. The number of nitro groups is 1. The van der Waals surface area contributed by atoms with Crippen molar-refractivity contribution in [2.24, 2.45) is 0 Å². The molecule has 2 aromatic rings. The van der Waals surface area contributed by atoms with E-state index in [-0.39, 0.29) is 11.6 Å². The molecule has 0 aromatic heterocycles. The first-order valence-corrected chi connectivity index (χ1v) is 7.76. The number of hydrogen-bond donors (Lipinski definition) is 1. The number of hydrogen-bond acceptors (Lipinski definition) is 4. The summed E-state index contributed by atoms with van der Waals surface area (Å²) in [6, 6.07) is 13.1. The molecule has 0 saturated heterocycles. The maximum absolute atomic E-state index is 11.9. The molecule has 7 heteroatoms. The van der Waals surface area contributed by atoms with Gasteiger partial charge in [-0.3, -0.25) is 14.9 Å². The van der Waals surface area contributed by atoms with Crippen LogP contribution in [0.1, 0.15) is 16.8 Å². The van der Waals surface area contributed by atoms with Crippen LogP contribution < -0.4 is 10.1 Å². The van der Waals surface area contributed by atoms with Crippen LogP contribution in [-0.2, 0) is 0 Å². The molecule has 0 aliphatic rings. The van der Waals surface area contributed by atoms with Crippen LogP contribution in [0.5, 0.6) is 5.75 Å². The Balaban J connectivity index is 1.72. The van der Waals surface area contributed by atoms with E-state index in [1.807, 2.05) is 6.07 Å². The predicted octanol–water partition coefficient (Wildman–Crippen LogP) is 3.56. The average molecular weight is 379 g/mol. The van der Waals surface area contributed by atoms with Gasteiger partial charge in [-0.05, 0) is 30.7 Å². The Labute approximate surface area is 141 Å². The summed E-state index contributed by atoms with van der Waals surface area (Å²) in [6.07, 6.45) is 0.600. The Bertz CT molecular complexity index is 706. The van der Waals surface area contributed by atoms with Crippen LogP contribution >= 0.6 is 15.9 Å². The number of rotatable bonds is 7. The molecule has 0 aliphatic heterocycles. The lowest BCUT2D eigenvalue weighted by atomic mass is 10.2. The summed E-state index contributed by atoms with van der Waals surface area (Å²) in [5, 5.41) is 13.5. The summed E-state index contributed by atoms with van der Waals surface area (Å²) in [5.74, 6) is 0.291. The maximum Gasteiger partial charge on any atom is 0.273 e. The van der Waals surface area contributed by atoms with E-state index in [2.05, 4.69) is 21.2 Å². The molecule has 0 heterocycles. The van der Waals surface area contributed by atoms with Crippen molar-refractivity contribution >= 4 is 27.5 Å². The minimum Gasteiger partial charge on any atom is -0.493 e. The standard InChI is InChI=1S/C16H15BrN2O4/c17-13-5-1-4-12(10-13)16(20)18-8-3-9-23-15-7-2-6-14(11-15)19(21)22/h1-2,4-7,10-11H,3,8-9H2,(H,18,20). The van der Waals surface area contributed by atoms with E-state index in [0.717, 1.165) is 4.47 Å². The number of nitrogens with one attached hydrogen (secondary N) is 1. The Hall–Kier alpha value is -2.41. The van der Waals surface area contributed by atoms with Gasteiger partial charge in [0.05, 0.1) is 17.6 Å². The van der Waals surface area contributed by atoms with Gasteiger partial charge in [0.25, 0.3) is 11.6 Å². The predicted molar refractivity (Wildman–Crippen MR) is 89.7 cm³/mol. The summed E-state index contributed by atoms with van der Waals surface area (Å²) < 4.78 is 6.29. The van der Waals surface area contributed by atoms with Crippen LogP contribution in [0, 0.1) is 10.1 Å². The summed E-state index contributed by atoms with van der Waals surface area (Å²) in [7, 11) is 0. The Kier molecular flexibility index (Phi) is 6.10. The van der Waals surface area contributed by atoms with Crippen molar-refractivity contribution in [2.45, 2.75) is 6.42 Å². The van der Waals surface area contributed by atoms with E-state index in [1.165, 1.54) is 12.1 Å². The van der Waals surface area contributed by atoms with Crippen LogP contribution in [0.15, 0.2) is 53.0 Å². The third kappa shape index (κ3) is 5.37. The Morgan fingerprint density at radius 1 is 1.22 bits per heavy atom. The van der Waals surface area contributed by atoms with Gasteiger partial charge in [0.1, 0.15) is 5.75 Å². The second kappa shape index (κ2) is 8.28. The molecular formula is C16H15BrN2O4. The number of ether oxygens (including phenoxy) is 1. The number of carbonyl (C=O) groups excluding carboxylic acids is 1. The van der Waals surface area contributed by atoms with Crippen LogP contribution in [0.4, 0.5) is 5.69 Å². The minimum absolute atomic E-state index is 0.00884. The number of carbonyl (C=O) groups is 1. The highest BCUT2D eigenvalue weighted by Crippen LogP contribution is 2.19. The highest BCUT2D eigenvalue weighted by molar-refractivity contribution is 9.10. The molecule has 0 atom stereocenters. The fraction of sp³-hybridized carbons (Fsp3) is 0.188. The zero-order valence-electron chi connectivity index (χ0n) is 12.2. The molecule has 0 unspecified atom stereocenters. The molecule has 6 nitrogen and oxygen atoms in total. The molecule has 23 heavy (non-hydrogen) atoms. The average Bonchev–Trinajstić information content (AvgIpc) is 2.54. The van der Waals surface area contributed by atoms with E-state index in [4.69, 9.17) is 4.74 Å². The molecule has 0 spiro atoms. The summed E-state index contributed by atoms with van der Waals surface area (Å²) in [4.78, 5) is 22.1. The molecule has 2 rings (SSSR count). The van der Waals surface area contributed by atoms with Crippen LogP contribution in [-0.4, -0.2) is 24.0 Å². The number of nitro benzene ring substituents is 1. The lowest BCUT2D eigenvalue weighted by molar-refractivity contribution is -0.384. The largest absolute Gasteiger partial charge is 0.493 e. The van der Waals surface area contributed by atoms with E-state index in [1.54, 1.807) is 30.3 Å². The normalized spacial score (nSPS) is 10.1. The molecule has 120 valence electrons. The van der Waals surface area contributed by atoms with Crippen molar-refractivity contribution in [2.75, 3.05) is 13.2 Å². The summed E-state index contributed by atoms with van der Waals surface area (Å²) in [5.41, 5.74) is 0.574. The van der Waals surface area contributed by atoms with Gasteiger partial charge in [-0.1, -0.05) is 28.1 Å². The quantitative estimate of drug-likeness (QED) is 0.453. The smallest absolute Gasteiger partial charge is 0.273 e.